The van der Waals surface area contributed by atoms with Gasteiger partial charge >= 0.3 is 12.4 Å². The van der Waals surface area contributed by atoms with Crippen LogP contribution in [0.1, 0.15) is 12.8 Å². The number of nitrogens with one attached hydrogen (secondary N) is 1. The fourth-order valence-corrected chi connectivity index (χ4v) is 0.768. The van der Waals surface area contributed by atoms with Gasteiger partial charge in [-0.3, -0.25) is 0 Å². The van der Waals surface area contributed by atoms with E-state index >= 15 is 0 Å². The summed E-state index contributed by atoms with van der Waals surface area (Å²) in [6.45, 7) is -1.01. The zero-order valence-corrected chi connectivity index (χ0v) is 7.62. The fraction of sp³-hybridized carbons (Fsp3) is 1.00. The Morgan fingerprint density at radius 2 is 1.60 bits per heavy atom. The van der Waals surface area contributed by atoms with E-state index in [4.69, 9.17) is 5.11 Å². The number of hydrogen-bond donors (Lipinski definition) is 2. The lowest BCUT2D eigenvalue weighted by Crippen LogP contribution is -2.38. The predicted octanol–water partition coefficient (Wildman–Crippen LogP) is 1.84. The first-order valence-electron chi connectivity index (χ1n) is 4.15. The average Bonchev–Trinajstić information content (AvgIpc) is 1.99. The zero-order valence-electron chi connectivity index (χ0n) is 7.62. The molecule has 0 aliphatic rings. The molecule has 2 nitrogen and oxygen atoms in total. The van der Waals surface area contributed by atoms with E-state index in [0.717, 1.165) is 0 Å². The van der Waals surface area contributed by atoms with Crippen molar-refractivity contribution in [1.29, 1.82) is 0 Å². The Balaban J connectivity index is 3.48. The van der Waals surface area contributed by atoms with Crippen LogP contribution in [0.25, 0.3) is 0 Å². The summed E-state index contributed by atoms with van der Waals surface area (Å²) < 4.78 is 69.8. The van der Waals surface area contributed by atoms with Crippen LogP contribution >= 0.6 is 0 Å². The number of rotatable bonds is 5. The summed E-state index contributed by atoms with van der Waals surface area (Å²) in [4.78, 5) is 0. The van der Waals surface area contributed by atoms with Crippen molar-refractivity contribution in [3.8, 4) is 0 Å². The monoisotopic (exact) mass is 239 g/mol. The van der Waals surface area contributed by atoms with Crippen molar-refractivity contribution in [3.05, 3.63) is 0 Å². The van der Waals surface area contributed by atoms with Crippen molar-refractivity contribution in [2.75, 3.05) is 13.1 Å². The molecule has 0 heterocycles. The summed E-state index contributed by atoms with van der Waals surface area (Å²) in [6, 6.07) is 0. The van der Waals surface area contributed by atoms with Gasteiger partial charge in [-0.05, 0) is 13.0 Å². The van der Waals surface area contributed by atoms with Crippen molar-refractivity contribution < 1.29 is 31.4 Å². The summed E-state index contributed by atoms with van der Waals surface area (Å²) >= 11 is 0. The minimum Gasteiger partial charge on any atom is -0.382 e. The molecular formula is C7H11F6NO. The third kappa shape index (κ3) is 8.49. The van der Waals surface area contributed by atoms with E-state index < -0.39 is 31.4 Å². The second kappa shape index (κ2) is 5.55. The largest absolute Gasteiger partial charge is 0.415 e. The molecule has 0 bridgehead atoms. The number of alkyl halides is 6. The summed E-state index contributed by atoms with van der Waals surface area (Å²) in [5.74, 6) is 0. The van der Waals surface area contributed by atoms with Gasteiger partial charge in [0.25, 0.3) is 0 Å². The molecule has 92 valence electrons. The normalized spacial score (nSPS) is 15.4. The van der Waals surface area contributed by atoms with Crippen LogP contribution in [0.2, 0.25) is 0 Å². The summed E-state index contributed by atoms with van der Waals surface area (Å²) in [5, 5.41) is 10.5. The second-order valence-corrected chi connectivity index (χ2v) is 2.98. The zero-order chi connectivity index (χ0) is 12.1. The van der Waals surface area contributed by atoms with Crippen molar-refractivity contribution in [2.45, 2.75) is 31.3 Å². The van der Waals surface area contributed by atoms with Gasteiger partial charge in [0, 0.05) is 13.0 Å². The van der Waals surface area contributed by atoms with Gasteiger partial charge in [-0.15, -0.1) is 0 Å². The van der Waals surface area contributed by atoms with Crippen LogP contribution in [-0.4, -0.2) is 36.7 Å². The van der Waals surface area contributed by atoms with E-state index in [9.17, 15) is 26.3 Å². The molecule has 0 radical (unpaired) electrons. The minimum atomic E-state index is -4.74. The van der Waals surface area contributed by atoms with Crippen LogP contribution in [0, 0.1) is 0 Å². The predicted molar refractivity (Wildman–Crippen MR) is 40.2 cm³/mol. The summed E-state index contributed by atoms with van der Waals surface area (Å²) in [7, 11) is 0. The minimum absolute atomic E-state index is 0.216. The van der Waals surface area contributed by atoms with E-state index in [2.05, 4.69) is 5.32 Å². The Morgan fingerprint density at radius 1 is 1.07 bits per heavy atom. The molecule has 0 rings (SSSR count). The summed E-state index contributed by atoms with van der Waals surface area (Å²) in [5.41, 5.74) is 0. The van der Waals surface area contributed by atoms with Crippen molar-refractivity contribution >= 4 is 0 Å². The number of halogens is 6. The number of aliphatic hydroxyl groups is 1. The Labute approximate surface area is 82.3 Å². The smallest absolute Gasteiger partial charge is 0.382 e. The van der Waals surface area contributed by atoms with Gasteiger partial charge in [0.1, 0.15) is 0 Å². The Kier molecular flexibility index (Phi) is 5.36. The lowest BCUT2D eigenvalue weighted by molar-refractivity contribution is -0.201. The molecule has 8 heteroatoms. The quantitative estimate of drug-likeness (QED) is 0.566. The highest BCUT2D eigenvalue weighted by molar-refractivity contribution is 4.67. The SMILES string of the molecule is OC(CNCCCC(F)(F)F)C(F)(F)F. The molecule has 0 amide bonds. The van der Waals surface area contributed by atoms with Crippen molar-refractivity contribution in [2.24, 2.45) is 0 Å². The second-order valence-electron chi connectivity index (χ2n) is 2.98. The van der Waals surface area contributed by atoms with Gasteiger partial charge in [0.2, 0.25) is 0 Å². The molecule has 0 aromatic rings. The van der Waals surface area contributed by atoms with Gasteiger partial charge in [-0.2, -0.15) is 26.3 Å². The number of hydrogen-bond acceptors (Lipinski definition) is 2. The molecule has 15 heavy (non-hydrogen) atoms. The van der Waals surface area contributed by atoms with E-state index in [-0.39, 0.29) is 13.0 Å². The molecular weight excluding hydrogens is 228 g/mol. The maximum atomic E-state index is 11.7. The van der Waals surface area contributed by atoms with Crippen LogP contribution in [-0.2, 0) is 0 Å². The highest BCUT2D eigenvalue weighted by Crippen LogP contribution is 2.21. The highest BCUT2D eigenvalue weighted by atomic mass is 19.4. The van der Waals surface area contributed by atoms with E-state index in [1.807, 2.05) is 0 Å². The van der Waals surface area contributed by atoms with Crippen molar-refractivity contribution in [1.82, 2.24) is 5.32 Å². The molecule has 0 aliphatic carbocycles. The fourth-order valence-electron chi connectivity index (χ4n) is 0.768. The molecule has 1 unspecified atom stereocenters. The van der Waals surface area contributed by atoms with E-state index in [1.54, 1.807) is 0 Å². The Morgan fingerprint density at radius 3 is 2.00 bits per heavy atom. The van der Waals surface area contributed by atoms with Gasteiger partial charge < -0.3 is 10.4 Å². The van der Waals surface area contributed by atoms with Crippen LogP contribution in [0.3, 0.4) is 0 Å². The molecule has 0 saturated carbocycles. The maximum Gasteiger partial charge on any atom is 0.415 e. The van der Waals surface area contributed by atoms with Crippen LogP contribution in [0.5, 0.6) is 0 Å². The standard InChI is InChI=1S/C7H11F6NO/c8-6(9,10)2-1-3-14-4-5(15)7(11,12)13/h5,14-15H,1-4H2. The molecule has 0 spiro atoms. The van der Waals surface area contributed by atoms with Gasteiger partial charge in [0.15, 0.2) is 6.10 Å². The van der Waals surface area contributed by atoms with E-state index in [1.165, 1.54) is 0 Å². The molecule has 0 aromatic heterocycles. The molecule has 0 aromatic carbocycles. The summed E-state index contributed by atoms with van der Waals surface area (Å²) in [6.07, 6.45) is -12.9. The maximum absolute atomic E-state index is 11.7. The number of aliphatic hydroxyl groups excluding tert-OH is 1. The van der Waals surface area contributed by atoms with Crippen molar-refractivity contribution in [3.63, 3.8) is 0 Å². The Bertz CT molecular complexity index is 177. The topological polar surface area (TPSA) is 32.3 Å². The van der Waals surface area contributed by atoms with Crippen LogP contribution < -0.4 is 5.32 Å². The molecule has 0 saturated heterocycles. The molecule has 2 N–H and O–H groups in total. The average molecular weight is 239 g/mol. The third-order valence-electron chi connectivity index (χ3n) is 1.53. The molecule has 0 fully saturated rings. The first-order chi connectivity index (χ1) is 6.63. The third-order valence-corrected chi connectivity index (χ3v) is 1.53. The van der Waals surface area contributed by atoms with Gasteiger partial charge in [-0.25, -0.2) is 0 Å². The molecule has 1 atom stereocenters. The first kappa shape index (κ1) is 14.5. The Hall–Kier alpha value is -0.500. The van der Waals surface area contributed by atoms with Crippen LogP contribution in [0.15, 0.2) is 0 Å². The highest BCUT2D eigenvalue weighted by Gasteiger charge is 2.37. The lowest BCUT2D eigenvalue weighted by Gasteiger charge is -2.15. The first-order valence-corrected chi connectivity index (χ1v) is 4.15. The van der Waals surface area contributed by atoms with E-state index in [0.29, 0.717) is 0 Å². The molecule has 0 aliphatic heterocycles. The van der Waals surface area contributed by atoms with Gasteiger partial charge in [-0.1, -0.05) is 0 Å². The lowest BCUT2D eigenvalue weighted by atomic mass is 10.3. The van der Waals surface area contributed by atoms with Crippen LogP contribution in [0.4, 0.5) is 26.3 Å². The van der Waals surface area contributed by atoms with Gasteiger partial charge in [0.05, 0.1) is 0 Å².